The fourth-order valence-corrected chi connectivity index (χ4v) is 0. The van der Waals surface area contributed by atoms with Crippen molar-refractivity contribution < 1.29 is 44.9 Å². The summed E-state index contributed by atoms with van der Waals surface area (Å²) in [4.78, 5) is 16.6. The monoisotopic (exact) mass is 148 g/mol. The Morgan fingerprint density at radius 2 is 1.11 bits per heavy atom. The number of hydrogen-bond donors (Lipinski definition) is 1. The molecule has 0 heterocycles. The third-order valence-electron chi connectivity index (χ3n) is 0. The fourth-order valence-electron chi connectivity index (χ4n) is 0. The van der Waals surface area contributed by atoms with Gasteiger partial charge in [0, 0.05) is 0 Å². The van der Waals surface area contributed by atoms with E-state index in [0.717, 1.165) is 0 Å². The van der Waals surface area contributed by atoms with Crippen LogP contribution < -0.4 is 29.6 Å². The summed E-state index contributed by atoms with van der Waals surface area (Å²) in [6.45, 7) is 0. The molecule has 0 aromatic carbocycles. The van der Waals surface area contributed by atoms with Gasteiger partial charge in [0.2, 0.25) is 0 Å². The molecule has 9 heavy (non-hydrogen) atoms. The Morgan fingerprint density at radius 3 is 1.11 bits per heavy atom. The van der Waals surface area contributed by atoms with Crippen LogP contribution in [-0.4, -0.2) is 15.4 Å². The van der Waals surface area contributed by atoms with Crippen LogP contribution in [0.4, 0.5) is 0 Å². The van der Waals surface area contributed by atoms with Gasteiger partial charge in [0.05, 0.1) is 5.09 Å². The van der Waals surface area contributed by atoms with Crippen LogP contribution in [-0.2, 0) is 0 Å². The van der Waals surface area contributed by atoms with Gasteiger partial charge in [-0.25, -0.2) is 0 Å². The molecule has 0 saturated heterocycles. The molecule has 0 unspecified atom stereocenters. The van der Waals surface area contributed by atoms with Crippen LogP contribution in [0.2, 0.25) is 0 Å². The van der Waals surface area contributed by atoms with Crippen molar-refractivity contribution in [1.82, 2.24) is 0 Å². The quantitative estimate of drug-likeness (QED) is 0.214. The van der Waals surface area contributed by atoms with Crippen molar-refractivity contribution in [3.63, 3.8) is 0 Å². The van der Waals surface area contributed by atoms with Crippen molar-refractivity contribution in [1.29, 1.82) is 0 Å². The third kappa shape index (κ3) is 599. The maximum Gasteiger partial charge on any atom is 1.00 e. The van der Waals surface area contributed by atoms with Crippen molar-refractivity contribution in [3.05, 3.63) is 25.4 Å². The number of rotatable bonds is 0. The van der Waals surface area contributed by atoms with Crippen LogP contribution in [0.15, 0.2) is 0 Å². The molecular formula is HN2NaO6. The van der Waals surface area contributed by atoms with Crippen molar-refractivity contribution >= 4 is 0 Å². The summed E-state index contributed by atoms with van der Waals surface area (Å²) in [6.07, 6.45) is 0. The molecule has 0 aliphatic rings. The minimum atomic E-state index is -1.75. The van der Waals surface area contributed by atoms with Gasteiger partial charge >= 0.3 is 29.6 Å². The van der Waals surface area contributed by atoms with Crippen molar-refractivity contribution in [2.24, 2.45) is 0 Å². The van der Waals surface area contributed by atoms with Gasteiger partial charge in [0.15, 0.2) is 0 Å². The van der Waals surface area contributed by atoms with E-state index in [1.54, 1.807) is 0 Å². The normalized spacial score (nSPS) is 5.33. The van der Waals surface area contributed by atoms with E-state index in [2.05, 4.69) is 0 Å². The zero-order valence-corrected chi connectivity index (χ0v) is 6.38. The molecule has 1 N–H and O–H groups in total. The first-order chi connectivity index (χ1) is 3.46. The number of hydrogen-bond acceptors (Lipinski definition) is 5. The largest absolute Gasteiger partial charge is 1.00 e. The maximum absolute atomic E-state index is 8.36. The standard InChI is InChI=1S/HNO3.NO3.Na/c2*2-1(3)4;/h(H,2,3,4);;/q;-1;+1. The van der Waals surface area contributed by atoms with Crippen LogP contribution in [0.25, 0.3) is 0 Å². The van der Waals surface area contributed by atoms with Gasteiger partial charge in [0.25, 0.3) is 5.09 Å². The molecular weight excluding hydrogens is 147 g/mol. The van der Waals surface area contributed by atoms with E-state index < -0.39 is 10.2 Å². The zero-order chi connectivity index (χ0) is 7.15. The molecule has 48 valence electrons. The Balaban J connectivity index is -0.0000000720. The summed E-state index contributed by atoms with van der Waals surface area (Å²) >= 11 is 0. The predicted molar refractivity (Wildman–Crippen MR) is 19.1 cm³/mol. The molecule has 0 rings (SSSR count). The molecule has 0 atom stereocenters. The van der Waals surface area contributed by atoms with Crippen LogP contribution in [0.1, 0.15) is 0 Å². The first-order valence-electron chi connectivity index (χ1n) is 1.11. The summed E-state index contributed by atoms with van der Waals surface area (Å²) in [6, 6.07) is 0. The molecule has 0 bridgehead atoms. The first kappa shape index (κ1) is 15.8. The second-order valence-corrected chi connectivity index (χ2v) is 0.461. The van der Waals surface area contributed by atoms with Crippen LogP contribution >= 0.6 is 0 Å². The Bertz CT molecular complexity index is 69.1. The molecule has 8 nitrogen and oxygen atoms in total. The van der Waals surface area contributed by atoms with E-state index >= 15 is 0 Å². The molecule has 9 heteroatoms. The Morgan fingerprint density at radius 1 is 1.11 bits per heavy atom. The Kier molecular flexibility index (Phi) is 18.2. The van der Waals surface area contributed by atoms with Gasteiger partial charge in [-0.3, -0.25) is 0 Å². The Labute approximate surface area is 70.6 Å². The van der Waals surface area contributed by atoms with Gasteiger partial charge in [-0.2, -0.15) is 0 Å². The van der Waals surface area contributed by atoms with Gasteiger partial charge < -0.3 is 20.5 Å². The first-order valence-corrected chi connectivity index (χ1v) is 1.11. The van der Waals surface area contributed by atoms with Gasteiger partial charge in [-0.05, 0) is 0 Å². The molecule has 0 radical (unpaired) electrons. The van der Waals surface area contributed by atoms with E-state index in [1.807, 2.05) is 0 Å². The zero-order valence-electron chi connectivity index (χ0n) is 4.38. The second kappa shape index (κ2) is 10.4. The summed E-state index contributed by atoms with van der Waals surface area (Å²) in [5.74, 6) is 0. The van der Waals surface area contributed by atoms with Crippen LogP contribution in [0.3, 0.4) is 0 Å². The topological polar surface area (TPSA) is 130 Å². The van der Waals surface area contributed by atoms with E-state index in [4.69, 9.17) is 30.6 Å². The van der Waals surface area contributed by atoms with Gasteiger partial charge in [0.1, 0.15) is 0 Å². The molecule has 0 spiro atoms. The molecule has 0 aromatic rings. The van der Waals surface area contributed by atoms with E-state index in [0.29, 0.717) is 0 Å². The molecule has 0 aliphatic heterocycles. The molecule has 0 aromatic heterocycles. The summed E-state index contributed by atoms with van der Waals surface area (Å²) in [7, 11) is 0. The Hall–Kier alpha value is -0.600. The van der Waals surface area contributed by atoms with Crippen molar-refractivity contribution in [3.8, 4) is 0 Å². The number of nitrogens with zero attached hydrogens (tertiary/aromatic N) is 2. The van der Waals surface area contributed by atoms with E-state index in [-0.39, 0.29) is 29.6 Å². The minimum Gasteiger partial charge on any atom is -0.356 e. The molecule has 0 aliphatic carbocycles. The average molecular weight is 148 g/mol. The summed E-state index contributed by atoms with van der Waals surface area (Å²) < 4.78 is 0. The van der Waals surface area contributed by atoms with Gasteiger partial charge in [-0.1, -0.05) is 0 Å². The van der Waals surface area contributed by atoms with Crippen molar-refractivity contribution in [2.45, 2.75) is 0 Å². The third-order valence-corrected chi connectivity index (χ3v) is 0. The van der Waals surface area contributed by atoms with Crippen molar-refractivity contribution in [2.75, 3.05) is 0 Å². The van der Waals surface area contributed by atoms with E-state index in [1.165, 1.54) is 0 Å². The average Bonchev–Trinajstić information content (AvgIpc) is 1.25. The molecule has 0 amide bonds. The van der Waals surface area contributed by atoms with Crippen LogP contribution in [0.5, 0.6) is 0 Å². The summed E-state index contributed by atoms with van der Waals surface area (Å²) in [5.41, 5.74) is 0. The van der Waals surface area contributed by atoms with Crippen LogP contribution in [0, 0.1) is 25.4 Å². The molecule has 0 fully saturated rings. The SMILES string of the molecule is O=[N+]([O-])O.O=[N+]([O-])[O-].[Na+]. The van der Waals surface area contributed by atoms with Gasteiger partial charge in [-0.15, -0.1) is 10.1 Å². The summed E-state index contributed by atoms with van der Waals surface area (Å²) in [5, 5.41) is 28.4. The van der Waals surface area contributed by atoms with E-state index in [9.17, 15) is 0 Å². The maximum atomic E-state index is 8.36. The molecule has 0 saturated carbocycles. The predicted octanol–water partition coefficient (Wildman–Crippen LogP) is -3.58. The smallest absolute Gasteiger partial charge is 0.356 e. The second-order valence-electron chi connectivity index (χ2n) is 0.461. The fraction of sp³-hybridized carbons (Fsp3) is 0. The minimum absolute atomic E-state index is 0.